The summed E-state index contributed by atoms with van der Waals surface area (Å²) in [6, 6.07) is 11.4. The first-order chi connectivity index (χ1) is 11.9. The van der Waals surface area contributed by atoms with Crippen molar-refractivity contribution < 1.29 is 23.9 Å². The molecule has 0 radical (unpaired) electrons. The van der Waals surface area contributed by atoms with E-state index in [1.165, 1.54) is 14.0 Å². The van der Waals surface area contributed by atoms with Crippen LogP contribution in [0.4, 0.5) is 5.69 Å². The summed E-state index contributed by atoms with van der Waals surface area (Å²) >= 11 is 0. The number of hydrogen-bond acceptors (Lipinski definition) is 5. The van der Waals surface area contributed by atoms with E-state index in [0.717, 1.165) is 5.56 Å². The molecule has 2 rings (SSSR count). The Labute approximate surface area is 145 Å². The number of amides is 1. The second-order valence-electron chi connectivity index (χ2n) is 5.44. The van der Waals surface area contributed by atoms with Crippen LogP contribution < -0.4 is 10.1 Å². The molecule has 6 nitrogen and oxygen atoms in total. The molecule has 0 spiro atoms. The number of esters is 1. The third-order valence-electron chi connectivity index (χ3n) is 3.55. The zero-order valence-electron chi connectivity index (χ0n) is 14.3. The Hall–Kier alpha value is -3.15. The molecule has 0 atom stereocenters. The molecule has 0 saturated heterocycles. The molecule has 0 aliphatic heterocycles. The van der Waals surface area contributed by atoms with Crippen molar-refractivity contribution in [2.24, 2.45) is 0 Å². The number of methoxy groups -OCH3 is 1. The molecule has 130 valence electrons. The van der Waals surface area contributed by atoms with Gasteiger partial charge < -0.3 is 14.8 Å². The molecule has 1 N–H and O–H groups in total. The highest BCUT2D eigenvalue weighted by Crippen LogP contribution is 2.19. The number of carbonyl (C=O) groups excluding carboxylic acids is 3. The summed E-state index contributed by atoms with van der Waals surface area (Å²) in [5.74, 6) is -0.562. The standard InChI is InChI=1S/C19H19NO5/c1-12-4-5-15(10-17(12)24-3)19(23)25-11-18(22)20-16-8-6-14(7-9-16)13(2)21/h4-10H,11H2,1-3H3,(H,20,22). The summed E-state index contributed by atoms with van der Waals surface area (Å²) < 4.78 is 10.2. The van der Waals surface area contributed by atoms with Gasteiger partial charge in [0.1, 0.15) is 5.75 Å². The van der Waals surface area contributed by atoms with E-state index in [9.17, 15) is 14.4 Å². The van der Waals surface area contributed by atoms with Crippen molar-refractivity contribution in [1.82, 2.24) is 0 Å². The van der Waals surface area contributed by atoms with Crippen molar-refractivity contribution in [3.05, 3.63) is 59.2 Å². The molecule has 0 saturated carbocycles. The second kappa shape index (κ2) is 8.10. The molecule has 0 aromatic heterocycles. The fourth-order valence-corrected chi connectivity index (χ4v) is 2.15. The zero-order valence-corrected chi connectivity index (χ0v) is 14.3. The van der Waals surface area contributed by atoms with Crippen LogP contribution >= 0.6 is 0 Å². The molecule has 6 heteroatoms. The fourth-order valence-electron chi connectivity index (χ4n) is 2.15. The highest BCUT2D eigenvalue weighted by molar-refractivity contribution is 5.97. The normalized spacial score (nSPS) is 10.0. The summed E-state index contributed by atoms with van der Waals surface area (Å²) in [6.45, 7) is 2.91. The highest BCUT2D eigenvalue weighted by Gasteiger charge is 2.12. The quantitative estimate of drug-likeness (QED) is 0.645. The number of carbonyl (C=O) groups is 3. The lowest BCUT2D eigenvalue weighted by molar-refractivity contribution is -0.119. The maximum absolute atomic E-state index is 12.0. The zero-order chi connectivity index (χ0) is 18.4. The minimum atomic E-state index is -0.611. The van der Waals surface area contributed by atoms with Crippen LogP contribution in [0.1, 0.15) is 33.2 Å². The van der Waals surface area contributed by atoms with Gasteiger partial charge in [0, 0.05) is 11.3 Å². The Balaban J connectivity index is 1.91. The Morgan fingerprint density at radius 1 is 1.00 bits per heavy atom. The van der Waals surface area contributed by atoms with Crippen LogP contribution in [-0.2, 0) is 9.53 Å². The first-order valence-corrected chi connectivity index (χ1v) is 7.63. The van der Waals surface area contributed by atoms with Gasteiger partial charge in [0.15, 0.2) is 12.4 Å². The van der Waals surface area contributed by atoms with E-state index >= 15 is 0 Å². The van der Waals surface area contributed by atoms with Crippen molar-refractivity contribution in [3.63, 3.8) is 0 Å². The third-order valence-corrected chi connectivity index (χ3v) is 3.55. The molecule has 0 unspecified atom stereocenters. The molecule has 1 amide bonds. The van der Waals surface area contributed by atoms with Crippen LogP contribution in [0.5, 0.6) is 5.75 Å². The average molecular weight is 341 g/mol. The van der Waals surface area contributed by atoms with Crippen LogP contribution in [0.25, 0.3) is 0 Å². The number of ether oxygens (including phenoxy) is 2. The number of benzene rings is 2. The Morgan fingerprint density at radius 3 is 2.24 bits per heavy atom. The Bertz CT molecular complexity index is 796. The number of Topliss-reactive ketones (excluding diaryl/α,β-unsaturated/α-hetero) is 1. The van der Waals surface area contributed by atoms with Gasteiger partial charge in [-0.15, -0.1) is 0 Å². The summed E-state index contributed by atoms with van der Waals surface area (Å²) in [6.07, 6.45) is 0. The molecule has 25 heavy (non-hydrogen) atoms. The van der Waals surface area contributed by atoms with E-state index < -0.39 is 18.5 Å². The van der Waals surface area contributed by atoms with Gasteiger partial charge in [-0.1, -0.05) is 6.07 Å². The molecule has 2 aromatic rings. The molecule has 0 bridgehead atoms. The Morgan fingerprint density at radius 2 is 1.64 bits per heavy atom. The molecular weight excluding hydrogens is 322 g/mol. The first-order valence-electron chi connectivity index (χ1n) is 7.63. The molecule has 0 aliphatic rings. The highest BCUT2D eigenvalue weighted by atomic mass is 16.5. The third kappa shape index (κ3) is 4.91. The maximum Gasteiger partial charge on any atom is 0.338 e. The van der Waals surface area contributed by atoms with Gasteiger partial charge in [0.05, 0.1) is 12.7 Å². The van der Waals surface area contributed by atoms with Crippen molar-refractivity contribution in [1.29, 1.82) is 0 Å². The summed E-state index contributed by atoms with van der Waals surface area (Å²) in [5.41, 5.74) is 2.27. The molecule has 2 aromatic carbocycles. The van der Waals surface area contributed by atoms with E-state index in [2.05, 4.69) is 5.32 Å². The van der Waals surface area contributed by atoms with Gasteiger partial charge in [-0.05, 0) is 55.8 Å². The van der Waals surface area contributed by atoms with Gasteiger partial charge in [-0.3, -0.25) is 9.59 Å². The maximum atomic E-state index is 12.0. The van der Waals surface area contributed by atoms with Crippen molar-refractivity contribution in [2.45, 2.75) is 13.8 Å². The summed E-state index contributed by atoms with van der Waals surface area (Å²) in [4.78, 5) is 35.1. The monoisotopic (exact) mass is 341 g/mol. The van der Waals surface area contributed by atoms with Crippen LogP contribution in [0, 0.1) is 6.92 Å². The number of aryl methyl sites for hydroxylation is 1. The van der Waals surface area contributed by atoms with Gasteiger partial charge in [0.2, 0.25) is 0 Å². The van der Waals surface area contributed by atoms with E-state index in [0.29, 0.717) is 22.6 Å². The molecular formula is C19H19NO5. The van der Waals surface area contributed by atoms with Crippen LogP contribution in [0.3, 0.4) is 0 Å². The van der Waals surface area contributed by atoms with E-state index in [1.807, 2.05) is 6.92 Å². The predicted octanol–water partition coefficient (Wildman–Crippen LogP) is 3.00. The predicted molar refractivity (Wildman–Crippen MR) is 93.1 cm³/mol. The molecule has 0 fully saturated rings. The van der Waals surface area contributed by atoms with Crippen molar-refractivity contribution >= 4 is 23.3 Å². The smallest absolute Gasteiger partial charge is 0.338 e. The molecule has 0 heterocycles. The largest absolute Gasteiger partial charge is 0.496 e. The lowest BCUT2D eigenvalue weighted by atomic mass is 10.1. The number of hydrogen-bond donors (Lipinski definition) is 1. The van der Waals surface area contributed by atoms with E-state index in [1.54, 1.807) is 42.5 Å². The first kappa shape index (κ1) is 18.2. The van der Waals surface area contributed by atoms with Gasteiger partial charge in [-0.2, -0.15) is 0 Å². The number of ketones is 1. The second-order valence-corrected chi connectivity index (χ2v) is 5.44. The lowest BCUT2D eigenvalue weighted by Gasteiger charge is -2.09. The number of nitrogens with one attached hydrogen (secondary N) is 1. The number of anilines is 1. The van der Waals surface area contributed by atoms with E-state index in [4.69, 9.17) is 9.47 Å². The van der Waals surface area contributed by atoms with Crippen molar-refractivity contribution in [3.8, 4) is 5.75 Å². The van der Waals surface area contributed by atoms with Crippen LogP contribution in [0.2, 0.25) is 0 Å². The lowest BCUT2D eigenvalue weighted by Crippen LogP contribution is -2.21. The van der Waals surface area contributed by atoms with Crippen LogP contribution in [-0.4, -0.2) is 31.4 Å². The number of rotatable bonds is 6. The minimum Gasteiger partial charge on any atom is -0.496 e. The van der Waals surface area contributed by atoms with Crippen LogP contribution in [0.15, 0.2) is 42.5 Å². The topological polar surface area (TPSA) is 81.7 Å². The fraction of sp³-hybridized carbons (Fsp3) is 0.211. The van der Waals surface area contributed by atoms with Gasteiger partial charge in [-0.25, -0.2) is 4.79 Å². The van der Waals surface area contributed by atoms with Gasteiger partial charge >= 0.3 is 5.97 Å². The van der Waals surface area contributed by atoms with Crippen molar-refractivity contribution in [2.75, 3.05) is 19.0 Å². The van der Waals surface area contributed by atoms with Gasteiger partial charge in [0.25, 0.3) is 5.91 Å². The molecule has 0 aliphatic carbocycles. The summed E-state index contributed by atoms with van der Waals surface area (Å²) in [5, 5.41) is 2.59. The Kier molecular flexibility index (Phi) is 5.89. The van der Waals surface area contributed by atoms with E-state index in [-0.39, 0.29) is 5.78 Å². The SMILES string of the molecule is COc1cc(C(=O)OCC(=O)Nc2ccc(C(C)=O)cc2)ccc1C. The summed E-state index contributed by atoms with van der Waals surface area (Å²) in [7, 11) is 1.52. The average Bonchev–Trinajstić information content (AvgIpc) is 2.60. The minimum absolute atomic E-state index is 0.0552.